The monoisotopic (exact) mass is 343 g/mol. The molecule has 3 heteroatoms. The standard InChI is InChI=1S/C23H21NO2/c1-26-22(25)21-17-24(21)23(18-11-5-2-6-12-18,19-13-7-3-8-14-19)20-15-9-4-10-16-20/h2-16,21H,17H2,1H3. The number of esters is 1. The molecule has 1 aliphatic heterocycles. The van der Waals surface area contributed by atoms with Crippen LogP contribution < -0.4 is 0 Å². The fourth-order valence-electron chi connectivity index (χ4n) is 3.88. The molecule has 0 N–H and O–H groups in total. The van der Waals surface area contributed by atoms with Gasteiger partial charge in [0.1, 0.15) is 6.04 Å². The summed E-state index contributed by atoms with van der Waals surface area (Å²) in [6.07, 6.45) is 0. The van der Waals surface area contributed by atoms with Crippen LogP contribution in [0.15, 0.2) is 91.0 Å². The quantitative estimate of drug-likeness (QED) is 0.400. The van der Waals surface area contributed by atoms with E-state index in [9.17, 15) is 4.79 Å². The van der Waals surface area contributed by atoms with Crippen LogP contribution in [-0.4, -0.2) is 30.6 Å². The van der Waals surface area contributed by atoms with Gasteiger partial charge in [-0.25, -0.2) is 0 Å². The van der Waals surface area contributed by atoms with E-state index in [4.69, 9.17) is 4.74 Å². The lowest BCUT2D eigenvalue weighted by molar-refractivity contribution is -0.141. The largest absolute Gasteiger partial charge is 0.468 e. The fourth-order valence-corrected chi connectivity index (χ4v) is 3.88. The third-order valence-corrected chi connectivity index (χ3v) is 5.09. The Morgan fingerprint density at radius 3 is 1.54 bits per heavy atom. The number of rotatable bonds is 5. The Bertz CT molecular complexity index is 781. The molecular weight excluding hydrogens is 322 g/mol. The second-order valence-electron chi connectivity index (χ2n) is 6.50. The molecule has 1 fully saturated rings. The average molecular weight is 343 g/mol. The lowest BCUT2D eigenvalue weighted by atomic mass is 9.76. The van der Waals surface area contributed by atoms with Crippen LogP contribution in [0, 0.1) is 0 Å². The highest BCUT2D eigenvalue weighted by Gasteiger charge is 2.56. The zero-order chi connectivity index (χ0) is 18.0. The van der Waals surface area contributed by atoms with Crippen LogP contribution >= 0.6 is 0 Å². The van der Waals surface area contributed by atoms with E-state index in [0.717, 1.165) is 16.7 Å². The van der Waals surface area contributed by atoms with Crippen LogP contribution in [0.2, 0.25) is 0 Å². The van der Waals surface area contributed by atoms with E-state index >= 15 is 0 Å². The molecule has 0 bridgehead atoms. The van der Waals surface area contributed by atoms with Gasteiger partial charge in [0, 0.05) is 6.54 Å². The molecule has 0 spiro atoms. The van der Waals surface area contributed by atoms with Crippen molar-refractivity contribution in [2.75, 3.05) is 13.7 Å². The first-order valence-corrected chi connectivity index (χ1v) is 8.79. The van der Waals surface area contributed by atoms with Crippen LogP contribution in [0.25, 0.3) is 0 Å². The van der Waals surface area contributed by atoms with Crippen molar-refractivity contribution in [1.29, 1.82) is 0 Å². The van der Waals surface area contributed by atoms with Gasteiger partial charge in [0.05, 0.1) is 12.6 Å². The van der Waals surface area contributed by atoms with Gasteiger partial charge in [0.15, 0.2) is 0 Å². The highest BCUT2D eigenvalue weighted by molar-refractivity contribution is 5.80. The molecule has 1 saturated heterocycles. The van der Waals surface area contributed by atoms with Gasteiger partial charge in [0.2, 0.25) is 0 Å². The minimum absolute atomic E-state index is 0.183. The summed E-state index contributed by atoms with van der Waals surface area (Å²) in [6, 6.07) is 30.9. The fraction of sp³-hybridized carbons (Fsp3) is 0.174. The van der Waals surface area contributed by atoms with Gasteiger partial charge < -0.3 is 4.74 Å². The molecule has 1 aliphatic rings. The van der Waals surface area contributed by atoms with E-state index in [2.05, 4.69) is 41.3 Å². The summed E-state index contributed by atoms with van der Waals surface area (Å²) < 4.78 is 5.03. The molecule has 0 aliphatic carbocycles. The van der Waals surface area contributed by atoms with Crippen molar-refractivity contribution in [3.63, 3.8) is 0 Å². The van der Waals surface area contributed by atoms with Crippen molar-refractivity contribution in [3.8, 4) is 0 Å². The zero-order valence-electron chi connectivity index (χ0n) is 14.7. The molecule has 4 rings (SSSR count). The van der Waals surface area contributed by atoms with E-state index in [1.54, 1.807) is 0 Å². The molecule has 0 saturated carbocycles. The molecule has 3 nitrogen and oxygen atoms in total. The molecule has 130 valence electrons. The van der Waals surface area contributed by atoms with Gasteiger partial charge in [-0.3, -0.25) is 9.69 Å². The van der Waals surface area contributed by atoms with E-state index in [1.165, 1.54) is 7.11 Å². The van der Waals surface area contributed by atoms with Crippen molar-refractivity contribution in [1.82, 2.24) is 4.90 Å². The number of ether oxygens (including phenoxy) is 1. The maximum atomic E-state index is 12.3. The molecule has 2 atom stereocenters. The number of methoxy groups -OCH3 is 1. The normalized spacial score (nSPS) is 19.0. The first-order chi connectivity index (χ1) is 12.8. The minimum atomic E-state index is -0.525. The van der Waals surface area contributed by atoms with E-state index < -0.39 is 5.54 Å². The van der Waals surface area contributed by atoms with Crippen molar-refractivity contribution in [2.45, 2.75) is 11.6 Å². The van der Waals surface area contributed by atoms with Crippen LogP contribution in [0.3, 0.4) is 0 Å². The van der Waals surface area contributed by atoms with Crippen LogP contribution in [0.1, 0.15) is 16.7 Å². The van der Waals surface area contributed by atoms with E-state index in [1.807, 2.05) is 54.6 Å². The Morgan fingerprint density at radius 1 is 0.808 bits per heavy atom. The Morgan fingerprint density at radius 2 is 1.19 bits per heavy atom. The summed E-state index contributed by atoms with van der Waals surface area (Å²) in [4.78, 5) is 14.5. The van der Waals surface area contributed by atoms with Crippen molar-refractivity contribution in [3.05, 3.63) is 108 Å². The number of carbonyl (C=O) groups is 1. The van der Waals surface area contributed by atoms with Crippen molar-refractivity contribution < 1.29 is 9.53 Å². The Balaban J connectivity index is 1.97. The van der Waals surface area contributed by atoms with Crippen LogP contribution in [0.5, 0.6) is 0 Å². The molecule has 1 heterocycles. The van der Waals surface area contributed by atoms with Gasteiger partial charge in [-0.15, -0.1) is 0 Å². The topological polar surface area (TPSA) is 29.3 Å². The molecule has 0 radical (unpaired) electrons. The number of benzene rings is 3. The lowest BCUT2D eigenvalue weighted by Crippen LogP contribution is -2.40. The predicted octanol–water partition coefficient (Wildman–Crippen LogP) is 3.84. The highest BCUT2D eigenvalue weighted by Crippen LogP contribution is 2.48. The Labute approximate surface area is 153 Å². The van der Waals surface area contributed by atoms with Gasteiger partial charge in [-0.1, -0.05) is 91.0 Å². The summed E-state index contributed by atoms with van der Waals surface area (Å²) in [5.41, 5.74) is 2.90. The molecule has 0 aromatic heterocycles. The maximum Gasteiger partial charge on any atom is 0.324 e. The SMILES string of the molecule is COC(=O)C1CN1C(c1ccccc1)(c1ccccc1)c1ccccc1. The van der Waals surface area contributed by atoms with E-state index in [-0.39, 0.29) is 12.0 Å². The smallest absolute Gasteiger partial charge is 0.324 e. The van der Waals surface area contributed by atoms with E-state index in [0.29, 0.717) is 6.54 Å². The van der Waals surface area contributed by atoms with Crippen LogP contribution in [-0.2, 0) is 15.1 Å². The molecule has 3 aromatic rings. The first-order valence-electron chi connectivity index (χ1n) is 8.79. The summed E-state index contributed by atoms with van der Waals surface area (Å²) >= 11 is 0. The number of carbonyl (C=O) groups excluding carboxylic acids is 1. The minimum Gasteiger partial charge on any atom is -0.468 e. The molecule has 0 amide bonds. The lowest BCUT2D eigenvalue weighted by Gasteiger charge is -2.38. The van der Waals surface area contributed by atoms with Gasteiger partial charge in [0.25, 0.3) is 0 Å². The third-order valence-electron chi connectivity index (χ3n) is 5.09. The summed E-state index contributed by atoms with van der Waals surface area (Å²) in [5, 5.41) is 0. The highest BCUT2D eigenvalue weighted by atomic mass is 16.5. The first kappa shape index (κ1) is 16.6. The number of nitrogens with zero attached hydrogens (tertiary/aromatic N) is 1. The summed E-state index contributed by atoms with van der Waals surface area (Å²) in [7, 11) is 1.45. The predicted molar refractivity (Wildman–Crippen MR) is 102 cm³/mol. The van der Waals surface area contributed by atoms with Gasteiger partial charge >= 0.3 is 5.97 Å². The second-order valence-corrected chi connectivity index (χ2v) is 6.50. The summed E-state index contributed by atoms with van der Waals surface area (Å²) in [5.74, 6) is -0.183. The van der Waals surface area contributed by atoms with Crippen molar-refractivity contribution in [2.24, 2.45) is 0 Å². The molecule has 2 unspecified atom stereocenters. The maximum absolute atomic E-state index is 12.3. The van der Waals surface area contributed by atoms with Crippen molar-refractivity contribution >= 4 is 5.97 Å². The molecular formula is C23H21NO2. The Kier molecular flexibility index (Phi) is 4.31. The zero-order valence-corrected chi connectivity index (χ0v) is 14.7. The summed E-state index contributed by atoms with van der Waals surface area (Å²) in [6.45, 7) is 0.672. The van der Waals surface area contributed by atoms with Crippen LogP contribution in [0.4, 0.5) is 0 Å². The number of hydrogen-bond donors (Lipinski definition) is 0. The number of hydrogen-bond acceptors (Lipinski definition) is 3. The third kappa shape index (κ3) is 2.61. The average Bonchev–Trinajstić information content (AvgIpc) is 3.52. The van der Waals surface area contributed by atoms with Gasteiger partial charge in [-0.2, -0.15) is 0 Å². The van der Waals surface area contributed by atoms with Gasteiger partial charge in [-0.05, 0) is 16.7 Å². The molecule has 26 heavy (non-hydrogen) atoms. The Hall–Kier alpha value is -2.91. The molecule has 3 aromatic carbocycles. The second kappa shape index (κ2) is 6.77.